The summed E-state index contributed by atoms with van der Waals surface area (Å²) in [5.41, 5.74) is 1.25. The zero-order chi connectivity index (χ0) is 16.8. The average Bonchev–Trinajstić information content (AvgIpc) is 3.00. The van der Waals surface area contributed by atoms with E-state index in [2.05, 4.69) is 9.97 Å². The van der Waals surface area contributed by atoms with Crippen LogP contribution < -0.4 is 4.90 Å². The lowest BCUT2D eigenvalue weighted by atomic mass is 10.3. The Balaban J connectivity index is 2.12. The molecule has 0 atom stereocenters. The molecule has 1 N–H and O–H groups in total. The summed E-state index contributed by atoms with van der Waals surface area (Å²) in [5.74, 6) is -0.265. The summed E-state index contributed by atoms with van der Waals surface area (Å²) in [6.45, 7) is 0.141. The lowest BCUT2D eigenvalue weighted by Gasteiger charge is -2.15. The molecule has 0 spiro atoms. The van der Waals surface area contributed by atoms with Crippen LogP contribution in [0.5, 0.6) is 0 Å². The third kappa shape index (κ3) is 4.47. The minimum Gasteiger partial charge on any atom is -0.465 e. The van der Waals surface area contributed by atoms with Crippen molar-refractivity contribution in [1.29, 1.82) is 0 Å². The Morgan fingerprint density at radius 1 is 1.43 bits per heavy atom. The van der Waals surface area contributed by atoms with Crippen LogP contribution in [-0.4, -0.2) is 46.3 Å². The fourth-order valence-electron chi connectivity index (χ4n) is 1.76. The molecule has 0 aliphatic rings. The molecular weight excluding hydrogens is 320 g/mol. The number of hydrogen-bond donors (Lipinski definition) is 1. The highest BCUT2D eigenvalue weighted by atomic mass is 32.1. The van der Waals surface area contributed by atoms with Gasteiger partial charge in [-0.1, -0.05) is 6.07 Å². The molecule has 0 bridgehead atoms. The van der Waals surface area contributed by atoms with E-state index in [1.54, 1.807) is 29.9 Å². The van der Waals surface area contributed by atoms with Gasteiger partial charge in [0.05, 0.1) is 25.8 Å². The number of thiazole rings is 1. The standard InChI is InChI=1S/C14H16N4O4S/c1-17(22-2)12(19)6-11-9-23-13(16-11)18(14(20)21)8-10-4-3-5-15-7-10/h3-5,7,9H,6,8H2,1-2H3,(H,20,21). The van der Waals surface area contributed by atoms with Crippen LogP contribution in [0.4, 0.5) is 9.93 Å². The van der Waals surface area contributed by atoms with E-state index in [1.807, 2.05) is 0 Å². The van der Waals surface area contributed by atoms with E-state index in [-0.39, 0.29) is 18.9 Å². The minimum absolute atomic E-state index is 0.0428. The van der Waals surface area contributed by atoms with Crippen molar-refractivity contribution in [2.75, 3.05) is 19.1 Å². The fourth-order valence-corrected chi connectivity index (χ4v) is 2.58. The maximum atomic E-state index is 11.8. The number of amides is 2. The molecule has 0 saturated carbocycles. The van der Waals surface area contributed by atoms with Gasteiger partial charge < -0.3 is 5.11 Å². The maximum absolute atomic E-state index is 11.8. The first-order valence-corrected chi connectivity index (χ1v) is 7.53. The van der Waals surface area contributed by atoms with Gasteiger partial charge in [0.15, 0.2) is 5.13 Å². The van der Waals surface area contributed by atoms with E-state index < -0.39 is 6.09 Å². The molecule has 0 aliphatic heterocycles. The molecule has 2 heterocycles. The molecule has 122 valence electrons. The first kappa shape index (κ1) is 16.8. The number of hydroxylamine groups is 2. The molecule has 8 nitrogen and oxygen atoms in total. The van der Waals surface area contributed by atoms with Crippen LogP contribution in [-0.2, 0) is 22.6 Å². The summed E-state index contributed by atoms with van der Waals surface area (Å²) in [7, 11) is 2.89. The third-order valence-corrected chi connectivity index (χ3v) is 3.93. The number of carboxylic acid groups (broad SMARTS) is 1. The molecule has 2 rings (SSSR count). The van der Waals surface area contributed by atoms with Crippen molar-refractivity contribution in [2.24, 2.45) is 0 Å². The van der Waals surface area contributed by atoms with Crippen LogP contribution in [0.2, 0.25) is 0 Å². The zero-order valence-corrected chi connectivity index (χ0v) is 13.5. The lowest BCUT2D eigenvalue weighted by Crippen LogP contribution is -2.29. The first-order valence-electron chi connectivity index (χ1n) is 6.65. The van der Waals surface area contributed by atoms with Gasteiger partial charge >= 0.3 is 6.09 Å². The Morgan fingerprint density at radius 2 is 2.22 bits per heavy atom. The quantitative estimate of drug-likeness (QED) is 0.808. The van der Waals surface area contributed by atoms with E-state index in [1.165, 1.54) is 25.5 Å². The predicted octanol–water partition coefficient (Wildman–Crippen LogP) is 1.78. The molecule has 0 saturated heterocycles. The number of aromatic nitrogens is 2. The summed E-state index contributed by atoms with van der Waals surface area (Å²) in [6.07, 6.45) is 2.14. The molecule has 0 aliphatic carbocycles. The molecule has 0 unspecified atom stereocenters. The van der Waals surface area contributed by atoms with Gasteiger partial charge in [0.25, 0.3) is 5.91 Å². The minimum atomic E-state index is -1.12. The van der Waals surface area contributed by atoms with Crippen molar-refractivity contribution in [3.63, 3.8) is 0 Å². The Bertz CT molecular complexity index is 676. The Hall–Kier alpha value is -2.52. The summed E-state index contributed by atoms with van der Waals surface area (Å²) in [5, 5.41) is 12.5. The predicted molar refractivity (Wildman–Crippen MR) is 84.0 cm³/mol. The highest BCUT2D eigenvalue weighted by molar-refractivity contribution is 7.14. The largest absolute Gasteiger partial charge is 0.465 e. The highest BCUT2D eigenvalue weighted by Crippen LogP contribution is 2.23. The van der Waals surface area contributed by atoms with Crippen LogP contribution in [0.25, 0.3) is 0 Å². The number of likely N-dealkylation sites (N-methyl/N-ethyl adjacent to an activating group) is 1. The number of nitrogens with zero attached hydrogens (tertiary/aromatic N) is 4. The van der Waals surface area contributed by atoms with Crippen LogP contribution in [0.1, 0.15) is 11.3 Å². The van der Waals surface area contributed by atoms with E-state index >= 15 is 0 Å². The van der Waals surface area contributed by atoms with Crippen molar-refractivity contribution >= 4 is 28.5 Å². The van der Waals surface area contributed by atoms with E-state index in [0.29, 0.717) is 10.8 Å². The summed E-state index contributed by atoms with van der Waals surface area (Å²) < 4.78 is 0. The second kappa shape index (κ2) is 7.65. The second-order valence-corrected chi connectivity index (χ2v) is 5.44. The number of pyridine rings is 1. The van der Waals surface area contributed by atoms with Crippen molar-refractivity contribution < 1.29 is 19.5 Å². The Labute approximate surface area is 136 Å². The van der Waals surface area contributed by atoms with Crippen molar-refractivity contribution in [3.05, 3.63) is 41.2 Å². The van der Waals surface area contributed by atoms with Gasteiger partial charge in [-0.05, 0) is 11.6 Å². The Morgan fingerprint density at radius 3 is 2.83 bits per heavy atom. The number of hydrogen-bond acceptors (Lipinski definition) is 6. The van der Waals surface area contributed by atoms with Gasteiger partial charge in [-0.15, -0.1) is 11.3 Å². The first-order chi connectivity index (χ1) is 11.0. The molecule has 0 aromatic carbocycles. The van der Waals surface area contributed by atoms with Gasteiger partial charge in [-0.3, -0.25) is 14.6 Å². The summed E-state index contributed by atoms with van der Waals surface area (Å²) in [6, 6.07) is 3.52. The summed E-state index contributed by atoms with van der Waals surface area (Å²) in [4.78, 5) is 37.4. The second-order valence-electron chi connectivity index (χ2n) is 4.60. The smallest absolute Gasteiger partial charge is 0.413 e. The van der Waals surface area contributed by atoms with Gasteiger partial charge in [-0.25, -0.2) is 19.7 Å². The van der Waals surface area contributed by atoms with Crippen molar-refractivity contribution in [2.45, 2.75) is 13.0 Å². The zero-order valence-electron chi connectivity index (χ0n) is 12.7. The van der Waals surface area contributed by atoms with Crippen LogP contribution in [0.3, 0.4) is 0 Å². The number of anilines is 1. The van der Waals surface area contributed by atoms with Gasteiger partial charge in [-0.2, -0.15) is 0 Å². The van der Waals surface area contributed by atoms with Crippen LogP contribution in [0.15, 0.2) is 29.9 Å². The van der Waals surface area contributed by atoms with Crippen LogP contribution >= 0.6 is 11.3 Å². The topological polar surface area (TPSA) is 95.9 Å². The number of rotatable bonds is 6. The Kier molecular flexibility index (Phi) is 5.61. The van der Waals surface area contributed by atoms with Crippen molar-refractivity contribution in [1.82, 2.24) is 15.0 Å². The monoisotopic (exact) mass is 336 g/mol. The normalized spacial score (nSPS) is 10.3. The summed E-state index contributed by atoms with van der Waals surface area (Å²) >= 11 is 1.17. The molecule has 0 radical (unpaired) electrons. The van der Waals surface area contributed by atoms with E-state index in [4.69, 9.17) is 4.84 Å². The third-order valence-electron chi connectivity index (χ3n) is 3.02. The lowest BCUT2D eigenvalue weighted by molar-refractivity contribution is -0.167. The molecule has 23 heavy (non-hydrogen) atoms. The molecular formula is C14H16N4O4S. The average molecular weight is 336 g/mol. The maximum Gasteiger partial charge on any atom is 0.413 e. The number of carbonyl (C=O) groups excluding carboxylic acids is 1. The van der Waals surface area contributed by atoms with E-state index in [9.17, 15) is 14.7 Å². The highest BCUT2D eigenvalue weighted by Gasteiger charge is 2.20. The van der Waals surface area contributed by atoms with Crippen LogP contribution in [0, 0.1) is 0 Å². The molecule has 0 fully saturated rings. The number of carbonyl (C=O) groups is 2. The van der Waals surface area contributed by atoms with Gasteiger partial charge in [0, 0.05) is 24.8 Å². The molecule has 2 aromatic rings. The molecule has 2 aromatic heterocycles. The van der Waals surface area contributed by atoms with E-state index in [0.717, 1.165) is 15.5 Å². The van der Waals surface area contributed by atoms with Gasteiger partial charge in [0.2, 0.25) is 0 Å². The van der Waals surface area contributed by atoms with Gasteiger partial charge in [0.1, 0.15) is 0 Å². The van der Waals surface area contributed by atoms with Crippen molar-refractivity contribution in [3.8, 4) is 0 Å². The SMILES string of the molecule is CON(C)C(=O)Cc1csc(N(Cc2cccnc2)C(=O)O)n1. The fraction of sp³-hybridized carbons (Fsp3) is 0.286. The molecule has 2 amide bonds. The molecule has 9 heteroatoms.